The number of aryl methyl sites for hydroxylation is 3. The molecule has 0 saturated carbocycles. The summed E-state index contributed by atoms with van der Waals surface area (Å²) in [4.78, 5) is 11.2. The molecule has 0 amide bonds. The summed E-state index contributed by atoms with van der Waals surface area (Å²) in [6.07, 6.45) is 2.01. The molecule has 0 unspecified atom stereocenters. The predicted octanol–water partition coefficient (Wildman–Crippen LogP) is 3.71. The highest BCUT2D eigenvalue weighted by Gasteiger charge is 2.14. The molecule has 2 aromatic heterocycles. The lowest BCUT2D eigenvalue weighted by Gasteiger charge is -2.05. The first-order valence-corrected chi connectivity index (χ1v) is 8.81. The zero-order valence-corrected chi connectivity index (χ0v) is 15.8. The van der Waals surface area contributed by atoms with Crippen LogP contribution in [0.25, 0.3) is 22.2 Å². The van der Waals surface area contributed by atoms with Gasteiger partial charge < -0.3 is 5.11 Å². The Kier molecular flexibility index (Phi) is 4.22. The van der Waals surface area contributed by atoms with Gasteiger partial charge in [0.05, 0.1) is 34.1 Å². The molecule has 0 aliphatic carbocycles. The third-order valence-electron chi connectivity index (χ3n) is 4.94. The third kappa shape index (κ3) is 3.05. The van der Waals surface area contributed by atoms with Gasteiger partial charge in [-0.25, -0.2) is 9.18 Å². The van der Waals surface area contributed by atoms with Crippen LogP contribution >= 0.6 is 0 Å². The van der Waals surface area contributed by atoms with Crippen molar-refractivity contribution in [3.8, 4) is 11.3 Å². The van der Waals surface area contributed by atoms with E-state index in [4.69, 9.17) is 0 Å². The Morgan fingerprint density at radius 1 is 1.14 bits per heavy atom. The second-order valence-electron chi connectivity index (χ2n) is 6.93. The van der Waals surface area contributed by atoms with E-state index in [1.165, 1.54) is 12.3 Å². The fourth-order valence-electron chi connectivity index (χ4n) is 3.52. The van der Waals surface area contributed by atoms with Gasteiger partial charge in [-0.2, -0.15) is 10.2 Å². The number of rotatable bonds is 4. The SMILES string of the molecule is Cc1cc(-c2cc(Cc3cc(F)c4cnn(C)c4c3)nn2C)ccc1C(=O)O. The van der Waals surface area contributed by atoms with Gasteiger partial charge in [0.25, 0.3) is 0 Å². The molecule has 0 radical (unpaired) electrons. The largest absolute Gasteiger partial charge is 0.478 e. The molecule has 4 rings (SSSR count). The molecule has 1 N–H and O–H groups in total. The van der Waals surface area contributed by atoms with Crippen molar-refractivity contribution in [2.24, 2.45) is 14.1 Å². The zero-order chi connectivity index (χ0) is 20.0. The maximum atomic E-state index is 14.3. The van der Waals surface area contributed by atoms with Crippen LogP contribution in [0.15, 0.2) is 42.6 Å². The van der Waals surface area contributed by atoms with Crippen LogP contribution in [-0.2, 0) is 20.5 Å². The molecule has 0 saturated heterocycles. The van der Waals surface area contributed by atoms with Gasteiger partial charge in [0.2, 0.25) is 0 Å². The molecular formula is C21H19FN4O2. The summed E-state index contributed by atoms with van der Waals surface area (Å²) in [6.45, 7) is 1.77. The van der Waals surface area contributed by atoms with Crippen molar-refractivity contribution in [1.29, 1.82) is 0 Å². The Morgan fingerprint density at radius 2 is 1.93 bits per heavy atom. The van der Waals surface area contributed by atoms with E-state index in [1.807, 2.05) is 25.2 Å². The minimum absolute atomic E-state index is 0.283. The normalized spacial score (nSPS) is 11.3. The highest BCUT2D eigenvalue weighted by molar-refractivity contribution is 5.90. The smallest absolute Gasteiger partial charge is 0.335 e. The van der Waals surface area contributed by atoms with Crippen LogP contribution in [0.3, 0.4) is 0 Å². The van der Waals surface area contributed by atoms with Crippen molar-refractivity contribution in [1.82, 2.24) is 19.6 Å². The summed E-state index contributed by atoms with van der Waals surface area (Å²) in [7, 11) is 3.62. The van der Waals surface area contributed by atoms with Crippen molar-refractivity contribution >= 4 is 16.9 Å². The lowest BCUT2D eigenvalue weighted by atomic mass is 10.0. The molecule has 0 aliphatic heterocycles. The fourth-order valence-corrected chi connectivity index (χ4v) is 3.52. The summed E-state index contributed by atoms with van der Waals surface area (Å²) >= 11 is 0. The van der Waals surface area contributed by atoms with E-state index >= 15 is 0 Å². The minimum Gasteiger partial charge on any atom is -0.478 e. The van der Waals surface area contributed by atoms with E-state index in [-0.39, 0.29) is 11.4 Å². The standard InChI is InChI=1S/C21H19FN4O2/c1-12-6-14(4-5-16(12)21(27)28)19-10-15(24-26(19)3)7-13-8-18(22)17-11-23-25(2)20(17)9-13/h4-6,8-11H,7H2,1-3H3,(H,27,28). The lowest BCUT2D eigenvalue weighted by Crippen LogP contribution is -2.00. The Labute approximate surface area is 160 Å². The van der Waals surface area contributed by atoms with Crippen LogP contribution < -0.4 is 0 Å². The number of carbonyl (C=O) groups is 1. The van der Waals surface area contributed by atoms with Crippen LogP contribution in [0.2, 0.25) is 0 Å². The van der Waals surface area contributed by atoms with E-state index in [9.17, 15) is 14.3 Å². The highest BCUT2D eigenvalue weighted by Crippen LogP contribution is 2.25. The second kappa shape index (κ2) is 6.60. The van der Waals surface area contributed by atoms with E-state index in [0.717, 1.165) is 28.0 Å². The van der Waals surface area contributed by atoms with Gasteiger partial charge in [-0.1, -0.05) is 6.07 Å². The first-order valence-electron chi connectivity index (χ1n) is 8.81. The number of carboxylic acids is 1. The van der Waals surface area contributed by atoms with Crippen molar-refractivity contribution < 1.29 is 14.3 Å². The lowest BCUT2D eigenvalue weighted by molar-refractivity contribution is 0.0696. The van der Waals surface area contributed by atoms with Crippen molar-refractivity contribution in [3.05, 3.63) is 70.8 Å². The van der Waals surface area contributed by atoms with Gasteiger partial charge in [-0.05, 0) is 48.4 Å². The van der Waals surface area contributed by atoms with Gasteiger partial charge in [-0.3, -0.25) is 9.36 Å². The molecule has 7 heteroatoms. The van der Waals surface area contributed by atoms with Crippen molar-refractivity contribution in [3.63, 3.8) is 0 Å². The molecule has 4 aromatic rings. The van der Waals surface area contributed by atoms with Crippen LogP contribution in [0.4, 0.5) is 4.39 Å². The first-order chi connectivity index (χ1) is 13.3. The van der Waals surface area contributed by atoms with E-state index in [0.29, 0.717) is 17.4 Å². The number of fused-ring (bicyclic) bond motifs is 1. The fraction of sp³-hybridized carbons (Fsp3) is 0.190. The Hall–Kier alpha value is -3.48. The highest BCUT2D eigenvalue weighted by atomic mass is 19.1. The quantitative estimate of drug-likeness (QED) is 0.588. The molecule has 6 nitrogen and oxygen atoms in total. The molecule has 2 heterocycles. The maximum absolute atomic E-state index is 14.3. The summed E-state index contributed by atoms with van der Waals surface area (Å²) in [5.74, 6) is -1.24. The van der Waals surface area contributed by atoms with Gasteiger partial charge in [0.15, 0.2) is 0 Å². The van der Waals surface area contributed by atoms with Gasteiger partial charge >= 0.3 is 5.97 Å². The van der Waals surface area contributed by atoms with E-state index in [2.05, 4.69) is 10.2 Å². The predicted molar refractivity (Wildman–Crippen MR) is 104 cm³/mol. The van der Waals surface area contributed by atoms with Crippen LogP contribution in [-0.4, -0.2) is 30.6 Å². The third-order valence-corrected chi connectivity index (χ3v) is 4.94. The number of halogens is 1. The molecule has 0 fully saturated rings. The average Bonchev–Trinajstić information content (AvgIpc) is 3.18. The number of hydrogen-bond donors (Lipinski definition) is 1. The Bertz CT molecular complexity index is 1220. The van der Waals surface area contributed by atoms with E-state index < -0.39 is 5.97 Å². The summed E-state index contributed by atoms with van der Waals surface area (Å²) in [5, 5.41) is 18.3. The molecule has 0 spiro atoms. The molecule has 0 atom stereocenters. The minimum atomic E-state index is -0.942. The Morgan fingerprint density at radius 3 is 2.64 bits per heavy atom. The molecule has 2 aromatic carbocycles. The molecule has 0 bridgehead atoms. The summed E-state index contributed by atoms with van der Waals surface area (Å²) in [6, 6.07) is 10.6. The monoisotopic (exact) mass is 378 g/mol. The number of hydrogen-bond acceptors (Lipinski definition) is 3. The first kappa shape index (κ1) is 17.9. The molecule has 0 aliphatic rings. The Balaban J connectivity index is 1.68. The average molecular weight is 378 g/mol. The molecular weight excluding hydrogens is 359 g/mol. The van der Waals surface area contributed by atoms with E-state index in [1.54, 1.807) is 35.5 Å². The second-order valence-corrected chi connectivity index (χ2v) is 6.93. The van der Waals surface area contributed by atoms with Crippen molar-refractivity contribution in [2.75, 3.05) is 0 Å². The number of aromatic carboxylic acids is 1. The number of nitrogens with zero attached hydrogens (tertiary/aromatic N) is 4. The van der Waals surface area contributed by atoms with Crippen LogP contribution in [0.5, 0.6) is 0 Å². The number of carboxylic acid groups (broad SMARTS) is 1. The van der Waals surface area contributed by atoms with Gasteiger partial charge in [-0.15, -0.1) is 0 Å². The van der Waals surface area contributed by atoms with Gasteiger partial charge in [0, 0.05) is 26.1 Å². The summed E-state index contributed by atoms with van der Waals surface area (Å²) in [5.41, 5.74) is 5.09. The number of benzene rings is 2. The maximum Gasteiger partial charge on any atom is 0.335 e. The molecule has 28 heavy (non-hydrogen) atoms. The topological polar surface area (TPSA) is 72.9 Å². The summed E-state index contributed by atoms with van der Waals surface area (Å²) < 4.78 is 17.7. The van der Waals surface area contributed by atoms with Crippen LogP contribution in [0.1, 0.15) is 27.2 Å². The zero-order valence-electron chi connectivity index (χ0n) is 15.8. The van der Waals surface area contributed by atoms with Crippen molar-refractivity contribution in [2.45, 2.75) is 13.3 Å². The van der Waals surface area contributed by atoms with Gasteiger partial charge in [0.1, 0.15) is 5.82 Å². The molecule has 142 valence electrons. The van der Waals surface area contributed by atoms with Crippen LogP contribution in [0, 0.1) is 12.7 Å². The number of aromatic nitrogens is 4.